The fraction of sp³-hybridized carbons (Fsp3) is 0.643. The fourth-order valence-corrected chi connectivity index (χ4v) is 2.48. The maximum atomic E-state index is 12.5. The summed E-state index contributed by atoms with van der Waals surface area (Å²) < 4.78 is 0. The second-order valence-corrected chi connectivity index (χ2v) is 5.48. The number of carbonyl (C=O) groups is 1. The lowest BCUT2D eigenvalue weighted by Crippen LogP contribution is -2.58. The summed E-state index contributed by atoms with van der Waals surface area (Å²) in [7, 11) is 0. The summed E-state index contributed by atoms with van der Waals surface area (Å²) in [5, 5.41) is 3.23. The third-order valence-corrected chi connectivity index (χ3v) is 3.56. The highest BCUT2D eigenvalue weighted by atomic mass is 16.2. The van der Waals surface area contributed by atoms with Crippen LogP contribution in [0.25, 0.3) is 0 Å². The Bertz CT molecular complexity index is 440. The molecule has 1 aliphatic rings. The third-order valence-electron chi connectivity index (χ3n) is 3.56. The van der Waals surface area contributed by atoms with Gasteiger partial charge in [-0.05, 0) is 26.5 Å². The van der Waals surface area contributed by atoms with Crippen LogP contribution in [-0.2, 0) is 4.79 Å². The molecular weight excluding hydrogens is 254 g/mol. The zero-order valence-corrected chi connectivity index (χ0v) is 12.5. The quantitative estimate of drug-likeness (QED) is 0.869. The second-order valence-electron chi connectivity index (χ2n) is 5.48. The zero-order valence-electron chi connectivity index (χ0n) is 12.5. The van der Waals surface area contributed by atoms with Crippen molar-refractivity contribution in [2.45, 2.75) is 26.3 Å². The summed E-state index contributed by atoms with van der Waals surface area (Å²) in [6, 6.07) is 1.81. The first-order valence-electron chi connectivity index (χ1n) is 7.11. The van der Waals surface area contributed by atoms with Crippen molar-refractivity contribution < 1.29 is 4.79 Å². The van der Waals surface area contributed by atoms with Gasteiger partial charge in [-0.25, -0.2) is 9.97 Å². The topological polar surface area (TPSA) is 61.4 Å². The van der Waals surface area contributed by atoms with E-state index in [0.717, 1.165) is 25.6 Å². The van der Waals surface area contributed by atoms with Crippen molar-refractivity contribution in [2.24, 2.45) is 0 Å². The molecule has 2 rings (SSSR count). The molecule has 0 saturated carbocycles. The van der Waals surface area contributed by atoms with E-state index in [2.05, 4.69) is 20.2 Å². The molecule has 110 valence electrons. The van der Waals surface area contributed by atoms with E-state index in [1.165, 1.54) is 0 Å². The molecule has 0 spiro atoms. The molecule has 1 N–H and O–H groups in total. The van der Waals surface area contributed by atoms with Crippen LogP contribution in [0.2, 0.25) is 0 Å². The van der Waals surface area contributed by atoms with Gasteiger partial charge >= 0.3 is 0 Å². The predicted octanol–water partition coefficient (Wildman–Crippen LogP) is 0.513. The molecule has 1 saturated heterocycles. The van der Waals surface area contributed by atoms with E-state index in [-0.39, 0.29) is 5.91 Å². The van der Waals surface area contributed by atoms with Gasteiger partial charge in [-0.3, -0.25) is 4.79 Å². The van der Waals surface area contributed by atoms with Gasteiger partial charge in [0.1, 0.15) is 0 Å². The Morgan fingerprint density at radius 2 is 1.85 bits per heavy atom. The van der Waals surface area contributed by atoms with E-state index in [1.54, 1.807) is 12.4 Å². The van der Waals surface area contributed by atoms with Gasteiger partial charge in [0.2, 0.25) is 11.9 Å². The minimum absolute atomic E-state index is 0.160. The van der Waals surface area contributed by atoms with Crippen molar-refractivity contribution in [3.63, 3.8) is 0 Å². The molecule has 1 fully saturated rings. The van der Waals surface area contributed by atoms with E-state index >= 15 is 0 Å². The monoisotopic (exact) mass is 277 g/mol. The van der Waals surface area contributed by atoms with Gasteiger partial charge in [-0.15, -0.1) is 0 Å². The summed E-state index contributed by atoms with van der Waals surface area (Å²) in [5.74, 6) is 0.901. The first-order valence-corrected chi connectivity index (χ1v) is 7.11. The number of anilines is 1. The summed E-state index contributed by atoms with van der Waals surface area (Å²) in [6.07, 6.45) is 3.49. The van der Waals surface area contributed by atoms with E-state index in [4.69, 9.17) is 0 Å². The molecule has 0 radical (unpaired) electrons. The number of amides is 1. The lowest BCUT2D eigenvalue weighted by atomic mass is 10.0. The van der Waals surface area contributed by atoms with Crippen molar-refractivity contribution in [3.05, 3.63) is 18.5 Å². The Morgan fingerprint density at radius 3 is 2.40 bits per heavy atom. The standard InChI is InChI=1S/C14H23N5O/c1-4-17-14(2,3)12(20)18-8-10-19(11-9-18)13-15-6-5-7-16-13/h5-7,17H,4,8-11H2,1-3H3. The highest BCUT2D eigenvalue weighted by molar-refractivity contribution is 5.85. The van der Waals surface area contributed by atoms with Crippen molar-refractivity contribution in [3.8, 4) is 0 Å². The zero-order chi connectivity index (χ0) is 14.6. The van der Waals surface area contributed by atoms with Gasteiger partial charge in [0.25, 0.3) is 0 Å². The summed E-state index contributed by atoms with van der Waals surface area (Å²) in [4.78, 5) is 25.0. The van der Waals surface area contributed by atoms with E-state index in [1.807, 2.05) is 31.7 Å². The van der Waals surface area contributed by atoms with Crippen LogP contribution in [0.3, 0.4) is 0 Å². The first-order chi connectivity index (χ1) is 9.54. The van der Waals surface area contributed by atoms with E-state index in [0.29, 0.717) is 13.1 Å². The van der Waals surface area contributed by atoms with Gasteiger partial charge in [-0.2, -0.15) is 0 Å². The first kappa shape index (κ1) is 14.7. The number of rotatable bonds is 4. The van der Waals surface area contributed by atoms with Crippen molar-refractivity contribution in [1.82, 2.24) is 20.2 Å². The van der Waals surface area contributed by atoms with Crippen molar-refractivity contribution in [1.29, 1.82) is 0 Å². The molecule has 1 amide bonds. The molecule has 1 aromatic rings. The Hall–Kier alpha value is -1.69. The summed E-state index contributed by atoms with van der Waals surface area (Å²) in [6.45, 7) is 9.65. The highest BCUT2D eigenvalue weighted by Crippen LogP contribution is 2.14. The molecule has 6 heteroatoms. The minimum atomic E-state index is -0.500. The Kier molecular flexibility index (Phi) is 4.54. The number of hydrogen-bond donors (Lipinski definition) is 1. The molecule has 0 atom stereocenters. The molecule has 6 nitrogen and oxygen atoms in total. The number of carbonyl (C=O) groups excluding carboxylic acids is 1. The van der Waals surface area contributed by atoms with E-state index in [9.17, 15) is 4.79 Å². The average molecular weight is 277 g/mol. The molecule has 1 aliphatic heterocycles. The Labute approximate surface area is 120 Å². The van der Waals surface area contributed by atoms with Crippen LogP contribution in [0.5, 0.6) is 0 Å². The fourth-order valence-electron chi connectivity index (χ4n) is 2.48. The number of likely N-dealkylation sites (N-methyl/N-ethyl adjacent to an activating group) is 1. The van der Waals surface area contributed by atoms with Gasteiger partial charge in [0.05, 0.1) is 5.54 Å². The number of nitrogens with zero attached hydrogens (tertiary/aromatic N) is 4. The average Bonchev–Trinajstić information content (AvgIpc) is 2.47. The summed E-state index contributed by atoms with van der Waals surface area (Å²) >= 11 is 0. The maximum absolute atomic E-state index is 12.5. The summed E-state index contributed by atoms with van der Waals surface area (Å²) in [5.41, 5.74) is -0.500. The maximum Gasteiger partial charge on any atom is 0.242 e. The number of piperazine rings is 1. The largest absolute Gasteiger partial charge is 0.338 e. The third kappa shape index (κ3) is 3.25. The van der Waals surface area contributed by atoms with Gasteiger partial charge in [-0.1, -0.05) is 6.92 Å². The molecule has 0 aliphatic carbocycles. The molecule has 1 aromatic heterocycles. The van der Waals surface area contributed by atoms with Crippen LogP contribution in [0, 0.1) is 0 Å². The SMILES string of the molecule is CCNC(C)(C)C(=O)N1CCN(c2ncccn2)CC1. The normalized spacial score (nSPS) is 16.4. The Balaban J connectivity index is 1.93. The van der Waals surface area contributed by atoms with Gasteiger partial charge in [0, 0.05) is 38.6 Å². The number of hydrogen-bond acceptors (Lipinski definition) is 5. The Morgan fingerprint density at radius 1 is 1.25 bits per heavy atom. The van der Waals surface area contributed by atoms with Gasteiger partial charge < -0.3 is 15.1 Å². The van der Waals surface area contributed by atoms with Crippen LogP contribution in [0.15, 0.2) is 18.5 Å². The molecular formula is C14H23N5O. The van der Waals surface area contributed by atoms with E-state index < -0.39 is 5.54 Å². The van der Waals surface area contributed by atoms with Gasteiger partial charge in [0.15, 0.2) is 0 Å². The molecule has 20 heavy (non-hydrogen) atoms. The molecule has 2 heterocycles. The van der Waals surface area contributed by atoms with Crippen LogP contribution in [-0.4, -0.2) is 59.0 Å². The number of nitrogens with one attached hydrogen (secondary N) is 1. The van der Waals surface area contributed by atoms with Crippen LogP contribution in [0.1, 0.15) is 20.8 Å². The van der Waals surface area contributed by atoms with Crippen molar-refractivity contribution >= 4 is 11.9 Å². The molecule has 0 unspecified atom stereocenters. The van der Waals surface area contributed by atoms with Crippen LogP contribution < -0.4 is 10.2 Å². The lowest BCUT2D eigenvalue weighted by Gasteiger charge is -2.38. The van der Waals surface area contributed by atoms with Crippen LogP contribution >= 0.6 is 0 Å². The van der Waals surface area contributed by atoms with Crippen LogP contribution in [0.4, 0.5) is 5.95 Å². The highest BCUT2D eigenvalue weighted by Gasteiger charge is 2.33. The lowest BCUT2D eigenvalue weighted by molar-refractivity contribution is -0.137. The molecule has 0 bridgehead atoms. The minimum Gasteiger partial charge on any atom is -0.338 e. The second kappa shape index (κ2) is 6.17. The predicted molar refractivity (Wildman–Crippen MR) is 78.6 cm³/mol. The number of aromatic nitrogens is 2. The molecule has 0 aromatic carbocycles. The smallest absolute Gasteiger partial charge is 0.242 e. The van der Waals surface area contributed by atoms with Crippen molar-refractivity contribution in [2.75, 3.05) is 37.6 Å².